The molecule has 2 amide bonds. The molecule has 172 valence electrons. The number of carbonyl (C=O) groups excluding carboxylic acids is 2. The maximum absolute atomic E-state index is 13.0. The van der Waals surface area contributed by atoms with Gasteiger partial charge in [-0.2, -0.15) is 0 Å². The maximum atomic E-state index is 13.0. The van der Waals surface area contributed by atoms with Crippen molar-refractivity contribution in [2.75, 3.05) is 29.9 Å². The Bertz CT molecular complexity index is 905. The van der Waals surface area contributed by atoms with Crippen molar-refractivity contribution < 1.29 is 14.3 Å². The number of hydrogen-bond donors (Lipinski definition) is 1. The molecule has 0 atom stereocenters. The number of nitrogens with one attached hydrogen (secondary N) is 1. The first-order chi connectivity index (χ1) is 15.3. The molecule has 1 aromatic carbocycles. The molecule has 1 N–H and O–H groups in total. The molecule has 0 radical (unpaired) electrons. The smallest absolute Gasteiger partial charge is 0.410 e. The molecule has 3 rings (SSSR count). The number of piperidine rings is 1. The van der Waals surface area contributed by atoms with Crippen LogP contribution in [0.4, 0.5) is 16.4 Å². The molecule has 0 spiro atoms. The number of amides is 2. The normalized spacial score (nSPS) is 14.7. The number of anilines is 2. The summed E-state index contributed by atoms with van der Waals surface area (Å²) < 4.78 is 5.51. The summed E-state index contributed by atoms with van der Waals surface area (Å²) in [6.07, 6.45) is 4.58. The molecule has 0 aliphatic carbocycles. The Labute approximate surface area is 190 Å². The van der Waals surface area contributed by atoms with E-state index in [4.69, 9.17) is 4.74 Å². The van der Waals surface area contributed by atoms with Crippen LogP contribution >= 0.6 is 0 Å². The highest BCUT2D eigenvalue weighted by Crippen LogP contribution is 2.24. The monoisotopic (exact) mass is 439 g/mol. The number of para-hydroxylation sites is 1. The van der Waals surface area contributed by atoms with E-state index in [0.29, 0.717) is 19.0 Å². The molecule has 0 saturated carbocycles. The van der Waals surface area contributed by atoms with Gasteiger partial charge in [0.15, 0.2) is 0 Å². The third kappa shape index (κ3) is 6.42. The Morgan fingerprint density at radius 2 is 1.78 bits per heavy atom. The summed E-state index contributed by atoms with van der Waals surface area (Å²) in [5.74, 6) is 0.640. The average molecular weight is 440 g/mol. The summed E-state index contributed by atoms with van der Waals surface area (Å²) in [6, 6.07) is 9.40. The van der Waals surface area contributed by atoms with E-state index in [2.05, 4.69) is 20.2 Å². The van der Waals surface area contributed by atoms with E-state index >= 15 is 0 Å². The lowest BCUT2D eigenvalue weighted by Gasteiger charge is -2.31. The van der Waals surface area contributed by atoms with Crippen molar-refractivity contribution >= 4 is 23.6 Å². The molecule has 2 heterocycles. The van der Waals surface area contributed by atoms with Gasteiger partial charge in [0, 0.05) is 43.6 Å². The van der Waals surface area contributed by atoms with Crippen LogP contribution in [0.3, 0.4) is 0 Å². The fourth-order valence-electron chi connectivity index (χ4n) is 3.65. The van der Waals surface area contributed by atoms with Gasteiger partial charge in [-0.15, -0.1) is 0 Å². The lowest BCUT2D eigenvalue weighted by molar-refractivity contribution is -0.120. The number of rotatable bonds is 6. The minimum atomic E-state index is -0.558. The predicted octanol–water partition coefficient (Wildman–Crippen LogP) is 4.09. The summed E-state index contributed by atoms with van der Waals surface area (Å²) in [6.45, 7) is 9.82. The zero-order valence-electron chi connectivity index (χ0n) is 19.4. The molecule has 0 bridgehead atoms. The van der Waals surface area contributed by atoms with Crippen molar-refractivity contribution in [2.24, 2.45) is 5.92 Å². The molecular weight excluding hydrogens is 406 g/mol. The second kappa shape index (κ2) is 10.4. The molecule has 0 unspecified atom stereocenters. The molecule has 32 heavy (non-hydrogen) atoms. The first kappa shape index (κ1) is 23.5. The third-order valence-corrected chi connectivity index (χ3v) is 5.37. The molecule has 8 heteroatoms. The van der Waals surface area contributed by atoms with Gasteiger partial charge < -0.3 is 19.9 Å². The van der Waals surface area contributed by atoms with E-state index in [9.17, 15) is 9.59 Å². The van der Waals surface area contributed by atoms with Crippen LogP contribution in [0.15, 0.2) is 42.7 Å². The van der Waals surface area contributed by atoms with Crippen LogP contribution in [0.1, 0.15) is 46.1 Å². The lowest BCUT2D eigenvalue weighted by Crippen LogP contribution is -2.39. The second-order valence-electron chi connectivity index (χ2n) is 8.95. The van der Waals surface area contributed by atoms with E-state index in [1.807, 2.05) is 52.0 Å². The quantitative estimate of drug-likeness (QED) is 0.729. The van der Waals surface area contributed by atoms with Crippen molar-refractivity contribution in [3.8, 4) is 0 Å². The van der Waals surface area contributed by atoms with Gasteiger partial charge >= 0.3 is 6.09 Å². The summed E-state index contributed by atoms with van der Waals surface area (Å²) >= 11 is 0. The lowest BCUT2D eigenvalue weighted by atomic mass is 9.96. The second-order valence-corrected chi connectivity index (χ2v) is 8.95. The number of ether oxygens (including phenoxy) is 1. The van der Waals surface area contributed by atoms with Gasteiger partial charge in [0.1, 0.15) is 5.60 Å². The van der Waals surface area contributed by atoms with Crippen LogP contribution < -0.4 is 10.2 Å². The largest absolute Gasteiger partial charge is 0.444 e. The van der Waals surface area contributed by atoms with Crippen molar-refractivity contribution in [2.45, 2.75) is 52.7 Å². The number of hydrogen-bond acceptors (Lipinski definition) is 6. The van der Waals surface area contributed by atoms with Gasteiger partial charge in [-0.3, -0.25) is 4.79 Å². The zero-order chi connectivity index (χ0) is 23.1. The molecule has 8 nitrogen and oxygen atoms in total. The van der Waals surface area contributed by atoms with Crippen molar-refractivity contribution in [3.05, 3.63) is 48.3 Å². The van der Waals surface area contributed by atoms with Gasteiger partial charge in [-0.25, -0.2) is 14.8 Å². The van der Waals surface area contributed by atoms with E-state index in [-0.39, 0.29) is 17.9 Å². The van der Waals surface area contributed by atoms with Crippen LogP contribution in [0, 0.1) is 5.92 Å². The van der Waals surface area contributed by atoms with Crippen molar-refractivity contribution in [1.82, 2.24) is 14.9 Å². The summed E-state index contributed by atoms with van der Waals surface area (Å²) in [5, 5.41) is 3.08. The highest BCUT2D eigenvalue weighted by Gasteiger charge is 2.27. The topological polar surface area (TPSA) is 87.7 Å². The van der Waals surface area contributed by atoms with E-state index in [1.165, 1.54) is 0 Å². The number of nitrogens with zero attached hydrogens (tertiary/aromatic N) is 4. The number of benzene rings is 1. The Morgan fingerprint density at radius 1 is 1.12 bits per heavy atom. The Balaban J connectivity index is 1.61. The number of carbonyl (C=O) groups is 2. The Hall–Kier alpha value is -3.16. The average Bonchev–Trinajstić information content (AvgIpc) is 2.78. The molecule has 1 aromatic heterocycles. The fourth-order valence-corrected chi connectivity index (χ4v) is 3.65. The molecule has 1 fully saturated rings. The highest BCUT2D eigenvalue weighted by atomic mass is 16.6. The van der Waals surface area contributed by atoms with E-state index in [0.717, 1.165) is 37.2 Å². The molecule has 2 aromatic rings. The first-order valence-electron chi connectivity index (χ1n) is 11.2. The third-order valence-electron chi connectivity index (χ3n) is 5.37. The molecule has 1 aliphatic rings. The Morgan fingerprint density at radius 3 is 2.41 bits per heavy atom. The summed E-state index contributed by atoms with van der Waals surface area (Å²) in [7, 11) is 0. The number of aromatic nitrogens is 2. The van der Waals surface area contributed by atoms with Gasteiger partial charge in [-0.05, 0) is 58.2 Å². The SMILES string of the molecule is CCN(Cc1ccccc1NC(=O)C1CCN(c2ncccn2)CC1)C(=O)OC(C)(C)C. The first-order valence-corrected chi connectivity index (χ1v) is 11.2. The van der Waals surface area contributed by atoms with Crippen LogP contribution in [-0.4, -0.2) is 52.1 Å². The minimum absolute atomic E-state index is 0.00592. The van der Waals surface area contributed by atoms with E-state index < -0.39 is 5.60 Å². The van der Waals surface area contributed by atoms with Crippen molar-refractivity contribution in [1.29, 1.82) is 0 Å². The van der Waals surface area contributed by atoms with Gasteiger partial charge in [0.25, 0.3) is 0 Å². The molecular formula is C24H33N5O3. The van der Waals surface area contributed by atoms with Crippen LogP contribution in [-0.2, 0) is 16.1 Å². The Kier molecular flexibility index (Phi) is 7.66. The minimum Gasteiger partial charge on any atom is -0.444 e. The fraction of sp³-hybridized carbons (Fsp3) is 0.500. The molecule has 1 aliphatic heterocycles. The van der Waals surface area contributed by atoms with E-state index in [1.54, 1.807) is 23.4 Å². The standard InChI is InChI=1S/C24H33N5O3/c1-5-28(23(31)32-24(2,3)4)17-19-9-6-7-10-20(19)27-21(30)18-11-15-29(16-12-18)22-25-13-8-14-26-22/h6-10,13-14,18H,5,11-12,15-17H2,1-4H3,(H,27,30). The van der Waals surface area contributed by atoms with Crippen LogP contribution in [0.25, 0.3) is 0 Å². The molecule has 1 saturated heterocycles. The maximum Gasteiger partial charge on any atom is 0.410 e. The summed E-state index contributed by atoms with van der Waals surface area (Å²) in [4.78, 5) is 37.8. The highest BCUT2D eigenvalue weighted by molar-refractivity contribution is 5.93. The summed E-state index contributed by atoms with van der Waals surface area (Å²) in [5.41, 5.74) is 1.05. The van der Waals surface area contributed by atoms with Crippen molar-refractivity contribution in [3.63, 3.8) is 0 Å². The van der Waals surface area contributed by atoms with Gasteiger partial charge in [0.05, 0.1) is 6.54 Å². The predicted molar refractivity (Wildman–Crippen MR) is 124 cm³/mol. The van der Waals surface area contributed by atoms with Crippen LogP contribution in [0.2, 0.25) is 0 Å². The van der Waals surface area contributed by atoms with Crippen LogP contribution in [0.5, 0.6) is 0 Å². The van der Waals surface area contributed by atoms with Gasteiger partial charge in [0.2, 0.25) is 11.9 Å². The van der Waals surface area contributed by atoms with Gasteiger partial charge in [-0.1, -0.05) is 18.2 Å². The zero-order valence-corrected chi connectivity index (χ0v) is 19.4.